The van der Waals surface area contributed by atoms with E-state index in [9.17, 15) is 0 Å². The van der Waals surface area contributed by atoms with E-state index in [1.54, 1.807) is 0 Å². The zero-order chi connectivity index (χ0) is 2.00. The van der Waals surface area contributed by atoms with Gasteiger partial charge in [-0.1, -0.05) is 0 Å². The zero-order valence-corrected chi connectivity index (χ0v) is 8.08. The predicted molar refractivity (Wildman–Crippen MR) is 20.9 cm³/mol. The SMILES string of the molecule is [Pb].[S].[S]=[Cu]. The third kappa shape index (κ3) is 8.99. The van der Waals surface area contributed by atoms with Gasteiger partial charge in [0.2, 0.25) is 0 Å². The van der Waals surface area contributed by atoms with Crippen LogP contribution in [0.5, 0.6) is 0 Å². The monoisotopic (exact) mass is 335 g/mol. The van der Waals surface area contributed by atoms with Gasteiger partial charge in [0, 0.05) is 40.8 Å². The van der Waals surface area contributed by atoms with Crippen molar-refractivity contribution in [2.45, 2.75) is 0 Å². The molecule has 0 aliphatic carbocycles. The summed E-state index contributed by atoms with van der Waals surface area (Å²) in [5.41, 5.74) is 0. The molecule has 27 valence electrons. The van der Waals surface area contributed by atoms with Crippen LogP contribution in [0.15, 0.2) is 0 Å². The van der Waals surface area contributed by atoms with Gasteiger partial charge >= 0.3 is 24.9 Å². The zero-order valence-electron chi connectivity index (χ0n) is 1.62. The van der Waals surface area contributed by atoms with E-state index in [4.69, 9.17) is 0 Å². The first-order valence-corrected chi connectivity index (χ1v) is 1.52. The fraction of sp³-hybridized carbons (Fsp3) is 0. The van der Waals surface area contributed by atoms with Crippen LogP contribution in [0.3, 0.4) is 0 Å². The molecular formula is CuPbS2. The Morgan fingerprint density at radius 1 is 1.25 bits per heavy atom. The molecule has 0 saturated heterocycles. The molecule has 0 aliphatic heterocycles. The quantitative estimate of drug-likeness (QED) is 0.594. The van der Waals surface area contributed by atoms with Crippen molar-refractivity contribution in [2.24, 2.45) is 0 Å². The van der Waals surface area contributed by atoms with E-state index >= 15 is 0 Å². The Morgan fingerprint density at radius 3 is 1.25 bits per heavy atom. The summed E-state index contributed by atoms with van der Waals surface area (Å²) in [5.74, 6) is 0. The van der Waals surface area contributed by atoms with Crippen molar-refractivity contribution in [3.05, 3.63) is 0 Å². The van der Waals surface area contributed by atoms with Crippen molar-refractivity contribution in [1.29, 1.82) is 0 Å². The van der Waals surface area contributed by atoms with E-state index in [1.807, 2.05) is 0 Å². The van der Waals surface area contributed by atoms with Crippen LogP contribution in [0.25, 0.3) is 0 Å². The van der Waals surface area contributed by atoms with E-state index in [0.717, 1.165) is 0 Å². The molecule has 0 spiro atoms. The molecule has 4 heteroatoms. The summed E-state index contributed by atoms with van der Waals surface area (Å²) in [6.07, 6.45) is 0. The minimum atomic E-state index is 0. The molecular weight excluding hydrogens is 335 g/mol. The normalized spacial score (nSPS) is 1.50. The first-order valence-electron chi connectivity index (χ1n) is 0.123. The first-order chi connectivity index (χ1) is 1.00. The van der Waals surface area contributed by atoms with Crippen molar-refractivity contribution >= 4 is 51.3 Å². The molecule has 4 heavy (non-hydrogen) atoms. The summed E-state index contributed by atoms with van der Waals surface area (Å²) in [4.78, 5) is 0. The molecule has 0 nitrogen and oxygen atoms in total. The van der Waals surface area contributed by atoms with Crippen molar-refractivity contribution in [3.63, 3.8) is 0 Å². The van der Waals surface area contributed by atoms with Crippen LogP contribution in [0.1, 0.15) is 0 Å². The first kappa shape index (κ1) is 16.6. The van der Waals surface area contributed by atoms with Gasteiger partial charge < -0.3 is 0 Å². The van der Waals surface area contributed by atoms with Crippen molar-refractivity contribution in [3.8, 4) is 0 Å². The number of hydrogen-bond acceptors (Lipinski definition) is 1. The standard InChI is InChI=1S/Cu.Pb.2S. The molecule has 0 aromatic carbocycles. The van der Waals surface area contributed by atoms with Crippen LogP contribution < -0.4 is 0 Å². The Morgan fingerprint density at radius 2 is 1.25 bits per heavy atom. The van der Waals surface area contributed by atoms with Crippen LogP contribution >= 0.6 is 24.0 Å². The molecule has 0 N–H and O–H groups in total. The van der Waals surface area contributed by atoms with Gasteiger partial charge in [-0.25, -0.2) is 0 Å². The van der Waals surface area contributed by atoms with E-state index in [1.165, 1.54) is 0 Å². The third-order valence-electron chi connectivity index (χ3n) is 0. The summed E-state index contributed by atoms with van der Waals surface area (Å²) in [7, 11) is 3.65. The fourth-order valence-electron chi connectivity index (χ4n) is 0. The van der Waals surface area contributed by atoms with Crippen LogP contribution in [0.4, 0.5) is 0 Å². The van der Waals surface area contributed by atoms with Gasteiger partial charge in [0.15, 0.2) is 0 Å². The van der Waals surface area contributed by atoms with Crippen molar-refractivity contribution < 1.29 is 14.4 Å². The third-order valence-corrected chi connectivity index (χ3v) is 0. The van der Waals surface area contributed by atoms with E-state index in [-0.39, 0.29) is 40.8 Å². The molecule has 0 bridgehead atoms. The van der Waals surface area contributed by atoms with Gasteiger partial charge in [-0.3, -0.25) is 0 Å². The summed E-state index contributed by atoms with van der Waals surface area (Å²) < 4.78 is 0. The average molecular weight is 335 g/mol. The molecule has 0 rings (SSSR count). The van der Waals surface area contributed by atoms with Gasteiger partial charge in [0.1, 0.15) is 0 Å². The second-order valence-corrected chi connectivity index (χ2v) is 0. The minimum absolute atomic E-state index is 0. The Bertz CT molecular complexity index is 6.00. The van der Waals surface area contributed by atoms with E-state index in [2.05, 4.69) is 24.9 Å². The molecule has 0 aromatic rings. The maximum atomic E-state index is 3.77. The van der Waals surface area contributed by atoms with Gasteiger partial charge in [-0.2, -0.15) is 0 Å². The summed E-state index contributed by atoms with van der Waals surface area (Å²) in [6.45, 7) is 0. The van der Waals surface area contributed by atoms with Crippen molar-refractivity contribution in [1.82, 2.24) is 0 Å². The van der Waals surface area contributed by atoms with E-state index < -0.39 is 0 Å². The average Bonchev–Trinajstić information content (AvgIpc) is 1.00. The molecule has 0 aromatic heterocycles. The Kier molecular flexibility index (Phi) is 83.0. The maximum absolute atomic E-state index is 3.77. The fourth-order valence-corrected chi connectivity index (χ4v) is 0. The molecule has 0 aliphatic rings. The summed E-state index contributed by atoms with van der Waals surface area (Å²) >= 11 is 3.77. The molecule has 0 fully saturated rings. The predicted octanol–water partition coefficient (Wildman–Crippen LogP) is 0.913. The van der Waals surface area contributed by atoms with Gasteiger partial charge in [-0.15, -0.1) is 0 Å². The molecule has 6 radical (unpaired) electrons. The molecule has 0 saturated carbocycles. The number of hydrogen-bond donors (Lipinski definition) is 0. The Labute approximate surface area is 65.0 Å². The number of rotatable bonds is 0. The molecule has 0 unspecified atom stereocenters. The molecule has 0 amide bonds. The second-order valence-electron chi connectivity index (χ2n) is 0. The second kappa shape index (κ2) is 19.9. The van der Waals surface area contributed by atoms with Crippen LogP contribution in [0.2, 0.25) is 0 Å². The van der Waals surface area contributed by atoms with E-state index in [0.29, 0.717) is 0 Å². The van der Waals surface area contributed by atoms with Gasteiger partial charge in [-0.05, 0) is 0 Å². The van der Waals surface area contributed by atoms with Gasteiger partial charge in [0.05, 0.1) is 0 Å². The molecule has 0 heterocycles. The molecule has 0 atom stereocenters. The topological polar surface area (TPSA) is 0 Å². The van der Waals surface area contributed by atoms with Crippen LogP contribution in [0, 0.1) is 0 Å². The van der Waals surface area contributed by atoms with Gasteiger partial charge in [0.25, 0.3) is 0 Å². The van der Waals surface area contributed by atoms with Crippen molar-refractivity contribution in [2.75, 3.05) is 0 Å². The summed E-state index contributed by atoms with van der Waals surface area (Å²) in [6, 6.07) is 0. The Hall–Kier alpha value is 2.01. The summed E-state index contributed by atoms with van der Waals surface area (Å²) in [5, 5.41) is 0. The van der Waals surface area contributed by atoms with Crippen LogP contribution in [-0.2, 0) is 14.4 Å². The Balaban J connectivity index is -0.00000000500. The van der Waals surface area contributed by atoms with Crippen LogP contribution in [-0.4, -0.2) is 27.3 Å².